The molecule has 27 nitrogen and oxygen atoms in total. The standard InChI is InChI=1S/C60H69N15O12/c1-10-67(49-25-37(4)55(38(5)26-49)64-61-43-13-19-46(20-14-43)73(82)83)31-52(76)34-70-58(79)71(35-53(77)32-68(11-2)50-27-39(6)56(40(7)28-50)65-62-44-15-21-47(22-16-44)74(84)85)60(81)72(59(70)80)36-54(78)33-69(12-3)51-29-41(8)57(42(9)30-51)66-63-45-17-23-48(24-18-45)75(86)87/h13-30,52-54,76-78H,10-12,31-36H2,1-9H3. The summed E-state index contributed by atoms with van der Waals surface area (Å²) in [6.07, 6.45) is -4.16. The molecule has 0 spiro atoms. The van der Waals surface area contributed by atoms with Gasteiger partial charge in [0.15, 0.2) is 0 Å². The second-order valence-corrected chi connectivity index (χ2v) is 21.0. The van der Waals surface area contributed by atoms with Gasteiger partial charge in [0.25, 0.3) is 17.1 Å². The van der Waals surface area contributed by atoms with Gasteiger partial charge in [0.2, 0.25) is 0 Å². The summed E-state index contributed by atoms with van der Waals surface area (Å²) in [5.41, 5.74) is 5.81. The van der Waals surface area contributed by atoms with Gasteiger partial charge in [0.1, 0.15) is 0 Å². The molecule has 3 atom stereocenters. The number of rotatable bonds is 27. The van der Waals surface area contributed by atoms with Crippen LogP contribution in [0.15, 0.2) is 154 Å². The van der Waals surface area contributed by atoms with E-state index in [0.717, 1.165) is 47.1 Å². The third-order valence-corrected chi connectivity index (χ3v) is 14.5. The minimum atomic E-state index is -1.39. The molecule has 0 saturated heterocycles. The quantitative estimate of drug-likeness (QED) is 0.0245. The number of azo groups is 3. The van der Waals surface area contributed by atoms with Crippen LogP contribution in [0.25, 0.3) is 0 Å². The lowest BCUT2D eigenvalue weighted by Crippen LogP contribution is -2.58. The summed E-state index contributed by atoms with van der Waals surface area (Å²) in [7, 11) is 0. The number of aliphatic hydroxyl groups excluding tert-OH is 3. The molecule has 27 heteroatoms. The number of benzene rings is 6. The molecular weight excluding hydrogens is 1120 g/mol. The molecule has 3 N–H and O–H groups in total. The molecule has 0 aliphatic rings. The first-order valence-corrected chi connectivity index (χ1v) is 28.0. The van der Waals surface area contributed by atoms with Crippen molar-refractivity contribution in [1.82, 2.24) is 13.7 Å². The number of hydrogen-bond acceptors (Lipinski definition) is 21. The highest BCUT2D eigenvalue weighted by molar-refractivity contribution is 5.65. The molecule has 1 aromatic heterocycles. The van der Waals surface area contributed by atoms with E-state index in [9.17, 15) is 60.0 Å². The van der Waals surface area contributed by atoms with Crippen LogP contribution < -0.4 is 31.8 Å². The van der Waals surface area contributed by atoms with Crippen LogP contribution in [-0.4, -0.2) is 101 Å². The van der Waals surface area contributed by atoms with E-state index in [-0.39, 0.29) is 36.7 Å². The second kappa shape index (κ2) is 28.7. The first-order valence-electron chi connectivity index (χ1n) is 28.0. The van der Waals surface area contributed by atoms with Crippen LogP contribution in [0.5, 0.6) is 0 Å². The van der Waals surface area contributed by atoms with E-state index in [2.05, 4.69) is 30.7 Å². The maximum atomic E-state index is 14.6. The van der Waals surface area contributed by atoms with E-state index in [1.165, 1.54) is 72.8 Å². The van der Waals surface area contributed by atoms with Crippen molar-refractivity contribution in [3.63, 3.8) is 0 Å². The van der Waals surface area contributed by atoms with E-state index in [1.807, 2.05) is 113 Å². The first-order chi connectivity index (χ1) is 41.4. The third kappa shape index (κ3) is 16.1. The van der Waals surface area contributed by atoms with Gasteiger partial charge < -0.3 is 30.0 Å². The molecule has 0 amide bonds. The molecule has 3 unspecified atom stereocenters. The summed E-state index contributed by atoms with van der Waals surface area (Å²) in [4.78, 5) is 81.1. The van der Waals surface area contributed by atoms with Gasteiger partial charge in [-0.2, -0.15) is 30.7 Å². The first kappa shape index (κ1) is 64.6. The molecular formula is C60H69N15O12. The lowest BCUT2D eigenvalue weighted by molar-refractivity contribution is -0.385. The molecule has 6 aromatic carbocycles. The molecule has 0 radical (unpaired) electrons. The van der Waals surface area contributed by atoms with Gasteiger partial charge in [-0.3, -0.25) is 30.3 Å². The summed E-state index contributed by atoms with van der Waals surface area (Å²) < 4.78 is 2.21. The summed E-state index contributed by atoms with van der Waals surface area (Å²) in [6, 6.07) is 28.0. The Morgan fingerprint density at radius 3 is 0.782 bits per heavy atom. The normalized spacial score (nSPS) is 12.7. The zero-order chi connectivity index (χ0) is 63.4. The molecule has 0 aliphatic carbocycles. The van der Waals surface area contributed by atoms with E-state index < -0.39 is 69.8 Å². The predicted octanol–water partition coefficient (Wildman–Crippen LogP) is 10.7. The zero-order valence-corrected chi connectivity index (χ0v) is 49.7. The Bertz CT molecular complexity index is 3440. The smallest absolute Gasteiger partial charge is 0.336 e. The zero-order valence-electron chi connectivity index (χ0n) is 49.7. The summed E-state index contributed by atoms with van der Waals surface area (Å²) in [5, 5.41) is 94.9. The lowest BCUT2D eigenvalue weighted by atomic mass is 10.1. The number of aliphatic hydroxyl groups is 3. The lowest BCUT2D eigenvalue weighted by Gasteiger charge is -2.29. The second-order valence-electron chi connectivity index (χ2n) is 21.0. The van der Waals surface area contributed by atoms with Gasteiger partial charge in [-0.1, -0.05) is 0 Å². The van der Waals surface area contributed by atoms with E-state index in [0.29, 0.717) is 70.8 Å². The molecule has 0 fully saturated rings. The van der Waals surface area contributed by atoms with E-state index >= 15 is 0 Å². The fraction of sp³-hybridized carbons (Fsp3) is 0.350. The van der Waals surface area contributed by atoms with Crippen molar-refractivity contribution in [2.45, 2.75) is 100 Å². The fourth-order valence-electron chi connectivity index (χ4n) is 10.0. The predicted molar refractivity (Wildman–Crippen MR) is 330 cm³/mol. The van der Waals surface area contributed by atoms with Gasteiger partial charge >= 0.3 is 17.1 Å². The highest BCUT2D eigenvalue weighted by Gasteiger charge is 2.25. The highest BCUT2D eigenvalue weighted by Crippen LogP contribution is 2.35. The van der Waals surface area contributed by atoms with Crippen LogP contribution in [0.4, 0.5) is 68.2 Å². The van der Waals surface area contributed by atoms with Crippen molar-refractivity contribution in [3.05, 3.63) is 204 Å². The molecule has 87 heavy (non-hydrogen) atoms. The van der Waals surface area contributed by atoms with Crippen molar-refractivity contribution >= 4 is 68.2 Å². The Balaban J connectivity index is 1.15. The number of hydrogen-bond donors (Lipinski definition) is 3. The average molecular weight is 1190 g/mol. The number of non-ortho nitro benzene ring substituents is 3. The average Bonchev–Trinajstić information content (AvgIpc) is 2.20. The van der Waals surface area contributed by atoms with Crippen molar-refractivity contribution < 1.29 is 30.1 Å². The van der Waals surface area contributed by atoms with Crippen molar-refractivity contribution in [1.29, 1.82) is 0 Å². The Kier molecular flexibility index (Phi) is 21.3. The molecule has 0 saturated carbocycles. The summed E-state index contributed by atoms with van der Waals surface area (Å²) in [5.74, 6) is 0. The maximum absolute atomic E-state index is 14.6. The van der Waals surface area contributed by atoms with Crippen LogP contribution in [0.1, 0.15) is 54.2 Å². The van der Waals surface area contributed by atoms with Crippen molar-refractivity contribution in [2.75, 3.05) is 54.0 Å². The molecule has 7 rings (SSSR count). The Hall–Kier alpha value is -9.99. The third-order valence-electron chi connectivity index (χ3n) is 14.5. The van der Waals surface area contributed by atoms with Crippen LogP contribution in [-0.2, 0) is 19.6 Å². The van der Waals surface area contributed by atoms with E-state index in [4.69, 9.17) is 0 Å². The number of nitrogens with zero attached hydrogens (tertiary/aromatic N) is 15. The summed E-state index contributed by atoms with van der Waals surface area (Å²) >= 11 is 0. The summed E-state index contributed by atoms with van der Waals surface area (Å²) in [6.45, 7) is 15.7. The van der Waals surface area contributed by atoms with Crippen molar-refractivity contribution in [2.24, 2.45) is 30.7 Å². The van der Waals surface area contributed by atoms with Crippen molar-refractivity contribution in [3.8, 4) is 0 Å². The minimum absolute atomic E-state index is 0.0822. The van der Waals surface area contributed by atoms with Gasteiger partial charge in [-0.15, -0.1) is 0 Å². The van der Waals surface area contributed by atoms with Crippen LogP contribution in [0.2, 0.25) is 0 Å². The minimum Gasteiger partial charge on any atom is -0.389 e. The Morgan fingerprint density at radius 2 is 0.598 bits per heavy atom. The topological polar surface area (TPSA) is 340 Å². The molecule has 7 aromatic rings. The number of nitro groups is 3. The molecule has 0 aliphatic heterocycles. The van der Waals surface area contributed by atoms with Gasteiger partial charge in [-0.25, -0.2) is 28.1 Å². The number of nitro benzene ring substituents is 3. The Labute approximate surface area is 499 Å². The largest absolute Gasteiger partial charge is 0.389 e. The molecule has 0 bridgehead atoms. The maximum Gasteiger partial charge on any atom is 0.336 e. The van der Waals surface area contributed by atoms with Crippen LogP contribution in [0, 0.1) is 71.9 Å². The van der Waals surface area contributed by atoms with Crippen LogP contribution in [0.3, 0.4) is 0 Å². The highest BCUT2D eigenvalue weighted by atomic mass is 16.6. The fourth-order valence-corrected chi connectivity index (χ4v) is 10.0. The van der Waals surface area contributed by atoms with Gasteiger partial charge in [0.05, 0.1) is 86.8 Å². The number of likely N-dealkylation sites (N-methyl/N-ethyl adjacent to an activating group) is 3. The number of aryl methyl sites for hydroxylation is 6. The number of aromatic nitrogens is 3. The van der Waals surface area contributed by atoms with E-state index in [1.54, 1.807) is 0 Å². The monoisotopic (exact) mass is 1190 g/mol. The molecule has 1 heterocycles. The molecule has 456 valence electrons. The number of anilines is 3. The van der Waals surface area contributed by atoms with Gasteiger partial charge in [-0.05, 0) is 168 Å². The SMILES string of the molecule is CCN(CC(O)Cn1c(=O)n(CC(O)CN(CC)c2cc(C)c(N=Nc3ccc([N+](=O)[O-])cc3)c(C)c2)c(=O)n(CC(O)CN(CC)c2cc(C)c(N=Nc3ccc([N+](=O)[O-])cc3)c(C)c2)c1=O)c1cc(C)c(N=Nc2ccc([N+](=O)[O-])cc2)c(C)c1. The van der Waals surface area contributed by atoms with Gasteiger partial charge in [0, 0.05) is 92.7 Å². The Morgan fingerprint density at radius 1 is 0.391 bits per heavy atom. The van der Waals surface area contributed by atoms with Crippen LogP contribution >= 0.6 is 0 Å².